The molecule has 0 radical (unpaired) electrons. The standard InChI is InChI=1S/C14H15BrN6S/c1-9-6-12(21-20-9)18-13-11(15)7-17-14(19-13)16-4-2-10-3-5-22-8-10/h3,5-8H,2,4H2,1H3,(H3,16,17,18,19,20,21). The molecule has 3 aromatic rings. The molecule has 0 unspecified atom stereocenters. The Hall–Kier alpha value is -1.93. The van der Waals surface area contributed by atoms with Crippen LogP contribution in [0.1, 0.15) is 11.3 Å². The number of H-pyrrole nitrogens is 1. The lowest BCUT2D eigenvalue weighted by atomic mass is 10.2. The predicted molar refractivity (Wildman–Crippen MR) is 92.9 cm³/mol. The molecule has 3 rings (SSSR count). The van der Waals surface area contributed by atoms with Gasteiger partial charge >= 0.3 is 0 Å². The highest BCUT2D eigenvalue weighted by Gasteiger charge is 2.07. The van der Waals surface area contributed by atoms with Crippen molar-refractivity contribution in [1.82, 2.24) is 20.2 Å². The van der Waals surface area contributed by atoms with E-state index in [-0.39, 0.29) is 0 Å². The molecule has 6 nitrogen and oxygen atoms in total. The summed E-state index contributed by atoms with van der Waals surface area (Å²) in [5.41, 5.74) is 2.31. The molecule has 0 saturated heterocycles. The molecule has 0 aliphatic carbocycles. The first-order valence-electron chi connectivity index (χ1n) is 6.77. The zero-order valence-electron chi connectivity index (χ0n) is 11.9. The predicted octanol–water partition coefficient (Wildman–Crippen LogP) is 3.73. The van der Waals surface area contributed by atoms with Gasteiger partial charge in [-0.05, 0) is 51.7 Å². The summed E-state index contributed by atoms with van der Waals surface area (Å²) in [5, 5.41) is 17.7. The lowest BCUT2D eigenvalue weighted by Crippen LogP contribution is -2.08. The van der Waals surface area contributed by atoms with Crippen LogP contribution < -0.4 is 10.6 Å². The molecular formula is C14H15BrN6S. The normalized spacial score (nSPS) is 10.6. The van der Waals surface area contributed by atoms with E-state index >= 15 is 0 Å². The molecule has 22 heavy (non-hydrogen) atoms. The minimum Gasteiger partial charge on any atom is -0.354 e. The second-order valence-corrected chi connectivity index (χ2v) is 6.39. The van der Waals surface area contributed by atoms with Crippen LogP contribution in [-0.2, 0) is 6.42 Å². The summed E-state index contributed by atoms with van der Waals surface area (Å²) >= 11 is 5.15. The van der Waals surface area contributed by atoms with E-state index < -0.39 is 0 Å². The maximum Gasteiger partial charge on any atom is 0.224 e. The average Bonchev–Trinajstić information content (AvgIpc) is 3.14. The van der Waals surface area contributed by atoms with Crippen LogP contribution in [0.5, 0.6) is 0 Å². The molecule has 0 fully saturated rings. The van der Waals surface area contributed by atoms with Gasteiger partial charge in [0, 0.05) is 24.5 Å². The highest BCUT2D eigenvalue weighted by molar-refractivity contribution is 9.10. The van der Waals surface area contributed by atoms with Crippen molar-refractivity contribution in [2.75, 3.05) is 17.2 Å². The van der Waals surface area contributed by atoms with Gasteiger partial charge in [0.2, 0.25) is 5.95 Å². The second kappa shape index (κ2) is 6.89. The van der Waals surface area contributed by atoms with Crippen LogP contribution in [0.3, 0.4) is 0 Å². The molecule has 8 heteroatoms. The zero-order valence-corrected chi connectivity index (χ0v) is 14.3. The van der Waals surface area contributed by atoms with E-state index in [1.807, 2.05) is 13.0 Å². The third kappa shape index (κ3) is 3.83. The third-order valence-electron chi connectivity index (χ3n) is 2.97. The fourth-order valence-electron chi connectivity index (χ4n) is 1.90. The molecule has 3 N–H and O–H groups in total. The number of rotatable bonds is 6. The Bertz CT molecular complexity index is 740. The van der Waals surface area contributed by atoms with E-state index in [9.17, 15) is 0 Å². The van der Waals surface area contributed by atoms with Gasteiger partial charge in [-0.3, -0.25) is 5.10 Å². The number of halogens is 1. The van der Waals surface area contributed by atoms with Gasteiger partial charge in [-0.25, -0.2) is 4.98 Å². The Morgan fingerprint density at radius 1 is 1.41 bits per heavy atom. The molecule has 0 aliphatic rings. The van der Waals surface area contributed by atoms with Crippen molar-refractivity contribution < 1.29 is 0 Å². The summed E-state index contributed by atoms with van der Waals surface area (Å²) in [6.07, 6.45) is 2.67. The number of nitrogens with zero attached hydrogens (tertiary/aromatic N) is 3. The smallest absolute Gasteiger partial charge is 0.224 e. The first kappa shape index (κ1) is 15.0. The van der Waals surface area contributed by atoms with Crippen molar-refractivity contribution in [1.29, 1.82) is 0 Å². The topological polar surface area (TPSA) is 78.5 Å². The summed E-state index contributed by atoms with van der Waals surface area (Å²) in [6, 6.07) is 4.04. The summed E-state index contributed by atoms with van der Waals surface area (Å²) in [4.78, 5) is 8.73. The van der Waals surface area contributed by atoms with E-state index in [1.54, 1.807) is 17.5 Å². The van der Waals surface area contributed by atoms with Crippen molar-refractivity contribution >= 4 is 44.9 Å². The van der Waals surface area contributed by atoms with Crippen LogP contribution >= 0.6 is 27.3 Å². The van der Waals surface area contributed by atoms with Gasteiger partial charge in [0.25, 0.3) is 0 Å². The van der Waals surface area contributed by atoms with Crippen LogP contribution in [0.15, 0.2) is 33.6 Å². The Labute approximate surface area is 140 Å². The molecule has 0 spiro atoms. The van der Waals surface area contributed by atoms with Gasteiger partial charge in [0.1, 0.15) is 0 Å². The van der Waals surface area contributed by atoms with E-state index in [2.05, 4.69) is 63.6 Å². The van der Waals surface area contributed by atoms with Gasteiger partial charge in [-0.15, -0.1) is 0 Å². The number of aryl methyl sites for hydroxylation is 1. The SMILES string of the molecule is Cc1cc(Nc2nc(NCCc3ccsc3)ncc2Br)n[nH]1. The summed E-state index contributed by atoms with van der Waals surface area (Å²) in [7, 11) is 0. The third-order valence-corrected chi connectivity index (χ3v) is 4.29. The molecule has 0 aliphatic heterocycles. The van der Waals surface area contributed by atoms with E-state index in [4.69, 9.17) is 0 Å². The van der Waals surface area contributed by atoms with Crippen molar-refractivity contribution in [2.45, 2.75) is 13.3 Å². The second-order valence-electron chi connectivity index (χ2n) is 4.76. The zero-order chi connectivity index (χ0) is 15.4. The molecule has 0 amide bonds. The number of hydrogen-bond donors (Lipinski definition) is 3. The van der Waals surface area contributed by atoms with Gasteiger partial charge < -0.3 is 10.6 Å². The summed E-state index contributed by atoms with van der Waals surface area (Å²) in [5.74, 6) is 1.99. The Morgan fingerprint density at radius 2 is 2.32 bits per heavy atom. The molecule has 0 saturated carbocycles. The van der Waals surface area contributed by atoms with Crippen molar-refractivity contribution in [3.63, 3.8) is 0 Å². The number of nitrogens with one attached hydrogen (secondary N) is 3. The quantitative estimate of drug-likeness (QED) is 0.608. The molecule has 114 valence electrons. The van der Waals surface area contributed by atoms with Gasteiger partial charge in [-0.1, -0.05) is 0 Å². The largest absolute Gasteiger partial charge is 0.354 e. The minimum atomic E-state index is 0.591. The lowest BCUT2D eigenvalue weighted by molar-refractivity contribution is 0.986. The maximum atomic E-state index is 4.46. The Morgan fingerprint density at radius 3 is 3.05 bits per heavy atom. The molecule has 3 aromatic heterocycles. The number of aromatic amines is 1. The van der Waals surface area contributed by atoms with Crippen LogP contribution in [0.25, 0.3) is 0 Å². The molecule has 0 atom stereocenters. The monoisotopic (exact) mass is 378 g/mol. The number of anilines is 3. The van der Waals surface area contributed by atoms with Crippen molar-refractivity contribution in [3.05, 3.63) is 44.8 Å². The summed E-state index contributed by atoms with van der Waals surface area (Å²) < 4.78 is 0.788. The minimum absolute atomic E-state index is 0.591. The van der Waals surface area contributed by atoms with Crippen LogP contribution in [0.4, 0.5) is 17.6 Å². The van der Waals surface area contributed by atoms with E-state index in [0.29, 0.717) is 11.8 Å². The maximum absolute atomic E-state index is 4.46. The van der Waals surface area contributed by atoms with E-state index in [1.165, 1.54) is 5.56 Å². The number of aromatic nitrogens is 4. The first-order valence-corrected chi connectivity index (χ1v) is 8.51. The number of hydrogen-bond acceptors (Lipinski definition) is 6. The fourth-order valence-corrected chi connectivity index (χ4v) is 2.89. The van der Waals surface area contributed by atoms with E-state index in [0.717, 1.165) is 29.0 Å². The number of thiophene rings is 1. The molecule has 3 heterocycles. The lowest BCUT2D eigenvalue weighted by Gasteiger charge is -2.08. The first-order chi connectivity index (χ1) is 10.7. The Kier molecular flexibility index (Phi) is 4.69. The molecule has 0 bridgehead atoms. The van der Waals surface area contributed by atoms with Gasteiger partial charge in [0.05, 0.1) is 4.47 Å². The average molecular weight is 379 g/mol. The van der Waals surface area contributed by atoms with Crippen molar-refractivity contribution in [3.8, 4) is 0 Å². The van der Waals surface area contributed by atoms with Gasteiger partial charge in [0.15, 0.2) is 11.6 Å². The highest BCUT2D eigenvalue weighted by Crippen LogP contribution is 2.23. The molecular weight excluding hydrogens is 364 g/mol. The van der Waals surface area contributed by atoms with Gasteiger partial charge in [-0.2, -0.15) is 21.4 Å². The summed E-state index contributed by atoms with van der Waals surface area (Å²) in [6.45, 7) is 2.74. The fraction of sp³-hybridized carbons (Fsp3) is 0.214. The Balaban J connectivity index is 1.64. The highest BCUT2D eigenvalue weighted by atomic mass is 79.9. The van der Waals surface area contributed by atoms with Crippen LogP contribution in [0.2, 0.25) is 0 Å². The van der Waals surface area contributed by atoms with Crippen molar-refractivity contribution in [2.24, 2.45) is 0 Å². The molecule has 0 aromatic carbocycles. The van der Waals surface area contributed by atoms with Crippen LogP contribution in [0, 0.1) is 6.92 Å². The van der Waals surface area contributed by atoms with Crippen LogP contribution in [-0.4, -0.2) is 26.7 Å².